The predicted octanol–water partition coefficient (Wildman–Crippen LogP) is 3.54. The molecular formula is C10H9BrCl2O. The third kappa shape index (κ3) is 3.26. The first-order valence-electron chi connectivity index (χ1n) is 4.08. The van der Waals surface area contributed by atoms with E-state index in [0.29, 0.717) is 12.3 Å². The standard InChI is InChI=1S/C10H9BrCl2O/c11-10-2-1-7(3-8(10)5-12)4-9(14)6-13/h1-3H,4-6H2. The van der Waals surface area contributed by atoms with Gasteiger partial charge in [0.1, 0.15) is 0 Å². The minimum absolute atomic E-state index is 0.0227. The summed E-state index contributed by atoms with van der Waals surface area (Å²) in [6, 6.07) is 5.71. The summed E-state index contributed by atoms with van der Waals surface area (Å²) in [5.41, 5.74) is 1.95. The van der Waals surface area contributed by atoms with Crippen LogP contribution in [0, 0.1) is 0 Å². The average Bonchev–Trinajstić information content (AvgIpc) is 2.20. The fourth-order valence-corrected chi connectivity index (χ4v) is 1.98. The van der Waals surface area contributed by atoms with Crippen molar-refractivity contribution in [3.05, 3.63) is 33.8 Å². The Morgan fingerprint density at radius 1 is 1.36 bits per heavy atom. The van der Waals surface area contributed by atoms with Crippen LogP contribution in [0.2, 0.25) is 0 Å². The van der Waals surface area contributed by atoms with E-state index in [0.717, 1.165) is 15.6 Å². The Kier molecular flexibility index (Phi) is 4.93. The van der Waals surface area contributed by atoms with Gasteiger partial charge in [-0.1, -0.05) is 28.1 Å². The third-order valence-electron chi connectivity index (χ3n) is 1.80. The zero-order chi connectivity index (χ0) is 10.6. The molecule has 76 valence electrons. The Labute approximate surface area is 102 Å². The van der Waals surface area contributed by atoms with Crippen molar-refractivity contribution < 1.29 is 4.79 Å². The molecule has 0 bridgehead atoms. The van der Waals surface area contributed by atoms with E-state index < -0.39 is 0 Å². The van der Waals surface area contributed by atoms with Crippen LogP contribution in [0.5, 0.6) is 0 Å². The largest absolute Gasteiger partial charge is 0.298 e. The third-order valence-corrected chi connectivity index (χ3v) is 3.16. The van der Waals surface area contributed by atoms with Gasteiger partial charge >= 0.3 is 0 Å². The Morgan fingerprint density at radius 2 is 2.07 bits per heavy atom. The lowest BCUT2D eigenvalue weighted by Crippen LogP contribution is -2.03. The molecule has 0 aliphatic heterocycles. The molecule has 0 spiro atoms. The zero-order valence-electron chi connectivity index (χ0n) is 7.40. The van der Waals surface area contributed by atoms with Gasteiger partial charge in [-0.05, 0) is 17.2 Å². The van der Waals surface area contributed by atoms with Gasteiger partial charge in [0.25, 0.3) is 0 Å². The summed E-state index contributed by atoms with van der Waals surface area (Å²) in [4.78, 5) is 11.1. The maximum Gasteiger partial charge on any atom is 0.151 e. The van der Waals surface area contributed by atoms with Gasteiger partial charge in [-0.2, -0.15) is 0 Å². The Balaban J connectivity index is 2.84. The van der Waals surface area contributed by atoms with Gasteiger partial charge in [0.2, 0.25) is 0 Å². The van der Waals surface area contributed by atoms with E-state index in [1.54, 1.807) is 0 Å². The van der Waals surface area contributed by atoms with Crippen LogP contribution < -0.4 is 0 Å². The molecule has 1 aromatic rings. The number of rotatable bonds is 4. The predicted molar refractivity (Wildman–Crippen MR) is 63.1 cm³/mol. The molecule has 0 saturated carbocycles. The van der Waals surface area contributed by atoms with Crippen LogP contribution in [-0.4, -0.2) is 11.7 Å². The first-order valence-corrected chi connectivity index (χ1v) is 5.94. The lowest BCUT2D eigenvalue weighted by Gasteiger charge is -2.03. The molecule has 0 aromatic heterocycles. The second-order valence-electron chi connectivity index (χ2n) is 2.91. The summed E-state index contributed by atoms with van der Waals surface area (Å²) in [6.07, 6.45) is 0.376. The molecule has 0 aliphatic carbocycles. The summed E-state index contributed by atoms with van der Waals surface area (Å²) in [7, 11) is 0. The number of Topliss-reactive ketones (excluding diaryl/α,β-unsaturated/α-hetero) is 1. The molecule has 0 saturated heterocycles. The van der Waals surface area contributed by atoms with Crippen LogP contribution in [0.4, 0.5) is 0 Å². The Hall–Kier alpha value is -0.0500. The average molecular weight is 296 g/mol. The van der Waals surface area contributed by atoms with Gasteiger partial charge in [-0.3, -0.25) is 4.79 Å². The first-order chi connectivity index (χ1) is 6.67. The molecule has 0 amide bonds. The monoisotopic (exact) mass is 294 g/mol. The number of alkyl halides is 2. The highest BCUT2D eigenvalue weighted by molar-refractivity contribution is 9.10. The van der Waals surface area contributed by atoms with Crippen molar-refractivity contribution >= 4 is 44.9 Å². The van der Waals surface area contributed by atoms with E-state index in [1.807, 2.05) is 18.2 Å². The van der Waals surface area contributed by atoms with Gasteiger partial charge in [0, 0.05) is 16.8 Å². The van der Waals surface area contributed by atoms with Crippen molar-refractivity contribution in [3.63, 3.8) is 0 Å². The summed E-state index contributed by atoms with van der Waals surface area (Å²) in [5.74, 6) is 0.518. The van der Waals surface area contributed by atoms with Gasteiger partial charge in [0.05, 0.1) is 5.88 Å². The molecule has 0 atom stereocenters. The number of carbonyl (C=O) groups is 1. The van der Waals surface area contributed by atoms with Gasteiger partial charge in [-0.25, -0.2) is 0 Å². The van der Waals surface area contributed by atoms with Crippen LogP contribution >= 0.6 is 39.1 Å². The number of halogens is 3. The molecule has 0 unspecified atom stereocenters. The topological polar surface area (TPSA) is 17.1 Å². The molecule has 4 heteroatoms. The molecule has 0 heterocycles. The second kappa shape index (κ2) is 5.74. The van der Waals surface area contributed by atoms with E-state index in [1.165, 1.54) is 0 Å². The molecule has 1 aromatic carbocycles. The normalized spacial score (nSPS) is 10.2. The van der Waals surface area contributed by atoms with Crippen LogP contribution in [-0.2, 0) is 17.1 Å². The second-order valence-corrected chi connectivity index (χ2v) is 4.30. The molecule has 0 N–H and O–H groups in total. The van der Waals surface area contributed by atoms with Crippen LogP contribution in [0.15, 0.2) is 22.7 Å². The Morgan fingerprint density at radius 3 is 2.64 bits per heavy atom. The maximum absolute atomic E-state index is 11.1. The summed E-state index contributed by atoms with van der Waals surface area (Å²) >= 11 is 14.5. The number of ketones is 1. The minimum atomic E-state index is 0.0227. The fraction of sp³-hybridized carbons (Fsp3) is 0.300. The zero-order valence-corrected chi connectivity index (χ0v) is 10.5. The van der Waals surface area contributed by atoms with E-state index >= 15 is 0 Å². The van der Waals surface area contributed by atoms with Crippen LogP contribution in [0.25, 0.3) is 0 Å². The highest BCUT2D eigenvalue weighted by Crippen LogP contribution is 2.20. The first kappa shape index (κ1) is 12.0. The van der Waals surface area contributed by atoms with Crippen LogP contribution in [0.1, 0.15) is 11.1 Å². The van der Waals surface area contributed by atoms with E-state index in [4.69, 9.17) is 23.2 Å². The number of hydrogen-bond acceptors (Lipinski definition) is 1. The van der Waals surface area contributed by atoms with Crippen LogP contribution in [0.3, 0.4) is 0 Å². The number of benzene rings is 1. The summed E-state index contributed by atoms with van der Waals surface area (Å²) < 4.78 is 0.967. The van der Waals surface area contributed by atoms with Crippen molar-refractivity contribution in [2.45, 2.75) is 12.3 Å². The lowest BCUT2D eigenvalue weighted by atomic mass is 10.1. The van der Waals surface area contributed by atoms with Crippen molar-refractivity contribution in [1.82, 2.24) is 0 Å². The molecule has 0 fully saturated rings. The Bertz CT molecular complexity index is 339. The van der Waals surface area contributed by atoms with Crippen molar-refractivity contribution in [3.8, 4) is 0 Å². The minimum Gasteiger partial charge on any atom is -0.298 e. The number of carbonyl (C=O) groups excluding carboxylic acids is 1. The van der Waals surface area contributed by atoms with Gasteiger partial charge in [0.15, 0.2) is 5.78 Å². The molecule has 14 heavy (non-hydrogen) atoms. The molecule has 1 rings (SSSR count). The van der Waals surface area contributed by atoms with Gasteiger partial charge in [-0.15, -0.1) is 23.2 Å². The van der Waals surface area contributed by atoms with E-state index in [9.17, 15) is 4.79 Å². The van der Waals surface area contributed by atoms with E-state index in [-0.39, 0.29) is 11.7 Å². The van der Waals surface area contributed by atoms with E-state index in [2.05, 4.69) is 15.9 Å². The molecule has 0 radical (unpaired) electrons. The van der Waals surface area contributed by atoms with Crippen molar-refractivity contribution in [2.75, 3.05) is 5.88 Å². The molecule has 0 aliphatic rings. The fourth-order valence-electron chi connectivity index (χ4n) is 1.12. The van der Waals surface area contributed by atoms with Crippen molar-refractivity contribution in [1.29, 1.82) is 0 Å². The summed E-state index contributed by atoms with van der Waals surface area (Å²) in [6.45, 7) is 0. The maximum atomic E-state index is 11.1. The summed E-state index contributed by atoms with van der Waals surface area (Å²) in [5, 5.41) is 0. The highest BCUT2D eigenvalue weighted by Gasteiger charge is 2.04. The van der Waals surface area contributed by atoms with Crippen molar-refractivity contribution in [2.24, 2.45) is 0 Å². The quantitative estimate of drug-likeness (QED) is 0.777. The molecular weight excluding hydrogens is 287 g/mol. The van der Waals surface area contributed by atoms with Gasteiger partial charge < -0.3 is 0 Å². The lowest BCUT2D eigenvalue weighted by molar-refractivity contribution is -0.116. The number of hydrogen-bond donors (Lipinski definition) is 0. The molecule has 1 nitrogen and oxygen atoms in total. The smallest absolute Gasteiger partial charge is 0.151 e. The SMILES string of the molecule is O=C(CCl)Cc1ccc(Br)c(CCl)c1. The highest BCUT2D eigenvalue weighted by atomic mass is 79.9.